The molecule has 1 N–H and O–H groups in total. The minimum Gasteiger partial charge on any atom is -0.493 e. The van der Waals surface area contributed by atoms with Crippen LogP contribution in [0.4, 0.5) is 0 Å². The van der Waals surface area contributed by atoms with E-state index in [1.54, 1.807) is 0 Å². The first-order valence-corrected chi connectivity index (χ1v) is 5.76. The molecule has 1 amide bonds. The van der Waals surface area contributed by atoms with Gasteiger partial charge in [0.15, 0.2) is 0 Å². The number of rotatable bonds is 8. The lowest BCUT2D eigenvalue weighted by atomic mass is 10.1. The predicted molar refractivity (Wildman–Crippen MR) is 64.6 cm³/mol. The van der Waals surface area contributed by atoms with E-state index in [2.05, 4.69) is 18.3 Å². The van der Waals surface area contributed by atoms with E-state index in [0.717, 1.165) is 38.0 Å². The van der Waals surface area contributed by atoms with Crippen LogP contribution in [0.2, 0.25) is 0 Å². The van der Waals surface area contributed by atoms with Gasteiger partial charge in [-0.2, -0.15) is 0 Å². The van der Waals surface area contributed by atoms with Gasteiger partial charge in [0.2, 0.25) is 6.41 Å². The van der Waals surface area contributed by atoms with Gasteiger partial charge in [-0.05, 0) is 30.9 Å². The Morgan fingerprint density at radius 1 is 1.38 bits per heavy atom. The van der Waals surface area contributed by atoms with Crippen LogP contribution in [0.3, 0.4) is 0 Å². The molecule has 16 heavy (non-hydrogen) atoms. The molecule has 0 aromatic heterocycles. The van der Waals surface area contributed by atoms with Gasteiger partial charge in [0.1, 0.15) is 5.75 Å². The summed E-state index contributed by atoms with van der Waals surface area (Å²) in [6.07, 6.45) is 3.62. The number of carbonyl (C=O) groups excluding carboxylic acids is 1. The van der Waals surface area contributed by atoms with Crippen LogP contribution < -0.4 is 10.1 Å². The molecule has 3 heteroatoms. The van der Waals surface area contributed by atoms with E-state index >= 15 is 0 Å². The Morgan fingerprint density at radius 2 is 2.19 bits per heavy atom. The minimum atomic E-state index is 0.714. The summed E-state index contributed by atoms with van der Waals surface area (Å²) in [5.74, 6) is 0.968. The molecule has 0 saturated heterocycles. The highest BCUT2D eigenvalue weighted by atomic mass is 16.5. The van der Waals surface area contributed by atoms with Crippen molar-refractivity contribution in [3.63, 3.8) is 0 Å². The van der Waals surface area contributed by atoms with Gasteiger partial charge in [0.05, 0.1) is 6.61 Å². The van der Waals surface area contributed by atoms with E-state index in [9.17, 15) is 4.79 Å². The van der Waals surface area contributed by atoms with Crippen molar-refractivity contribution >= 4 is 6.41 Å². The van der Waals surface area contributed by atoms with Crippen molar-refractivity contribution < 1.29 is 9.53 Å². The molecular formula is C13H19NO2. The number of para-hydroxylation sites is 1. The van der Waals surface area contributed by atoms with Gasteiger partial charge in [-0.1, -0.05) is 25.1 Å². The summed E-state index contributed by atoms with van der Waals surface area (Å²) in [5.41, 5.74) is 1.21. The first kappa shape index (κ1) is 12.6. The van der Waals surface area contributed by atoms with Crippen LogP contribution in [0.25, 0.3) is 0 Å². The van der Waals surface area contributed by atoms with Crippen molar-refractivity contribution in [2.24, 2.45) is 0 Å². The number of aryl methyl sites for hydroxylation is 1. The monoisotopic (exact) mass is 221 g/mol. The van der Waals surface area contributed by atoms with Gasteiger partial charge in [0, 0.05) is 6.54 Å². The topological polar surface area (TPSA) is 38.3 Å². The summed E-state index contributed by atoms with van der Waals surface area (Å²) >= 11 is 0. The molecule has 0 radical (unpaired) electrons. The molecule has 0 atom stereocenters. The van der Waals surface area contributed by atoms with Crippen LogP contribution in [0.1, 0.15) is 25.3 Å². The van der Waals surface area contributed by atoms with Gasteiger partial charge in [0.25, 0.3) is 0 Å². The number of nitrogens with one attached hydrogen (secondary N) is 1. The Bertz CT molecular complexity index is 313. The fourth-order valence-electron chi connectivity index (χ4n) is 1.50. The van der Waals surface area contributed by atoms with Crippen molar-refractivity contribution in [2.75, 3.05) is 13.2 Å². The quantitative estimate of drug-likeness (QED) is 0.539. The number of ether oxygens (including phenoxy) is 1. The molecule has 1 aromatic rings. The van der Waals surface area contributed by atoms with Gasteiger partial charge >= 0.3 is 0 Å². The molecule has 0 aliphatic rings. The molecule has 0 unspecified atom stereocenters. The maximum atomic E-state index is 10.1. The summed E-state index contributed by atoms with van der Waals surface area (Å²) < 4.78 is 5.65. The summed E-state index contributed by atoms with van der Waals surface area (Å²) in [6.45, 7) is 3.56. The van der Waals surface area contributed by atoms with E-state index < -0.39 is 0 Å². The fourth-order valence-corrected chi connectivity index (χ4v) is 1.50. The van der Waals surface area contributed by atoms with Crippen molar-refractivity contribution in [3.8, 4) is 5.75 Å². The number of amides is 1. The van der Waals surface area contributed by atoms with Gasteiger partial charge in [-0.15, -0.1) is 0 Å². The number of carbonyl (C=O) groups is 1. The zero-order valence-corrected chi connectivity index (χ0v) is 9.74. The van der Waals surface area contributed by atoms with E-state index in [4.69, 9.17) is 4.74 Å². The molecular weight excluding hydrogens is 202 g/mol. The second-order valence-corrected chi connectivity index (χ2v) is 3.63. The molecule has 0 fully saturated rings. The summed E-state index contributed by atoms with van der Waals surface area (Å²) in [5, 5.41) is 2.66. The van der Waals surface area contributed by atoms with E-state index in [1.165, 1.54) is 5.56 Å². The summed E-state index contributed by atoms with van der Waals surface area (Å²) in [7, 11) is 0. The van der Waals surface area contributed by atoms with Crippen LogP contribution in [0.15, 0.2) is 24.3 Å². The molecule has 0 heterocycles. The van der Waals surface area contributed by atoms with Crippen molar-refractivity contribution in [1.82, 2.24) is 5.32 Å². The van der Waals surface area contributed by atoms with E-state index in [-0.39, 0.29) is 0 Å². The lowest BCUT2D eigenvalue weighted by Crippen LogP contribution is -2.12. The summed E-state index contributed by atoms with van der Waals surface area (Å²) in [6, 6.07) is 8.07. The third kappa shape index (κ3) is 4.34. The Labute approximate surface area is 96.8 Å². The highest BCUT2D eigenvalue weighted by Crippen LogP contribution is 2.19. The molecule has 1 aromatic carbocycles. The predicted octanol–water partition coefficient (Wildman–Crippen LogP) is 2.15. The van der Waals surface area contributed by atoms with Crippen LogP contribution in [-0.4, -0.2) is 19.6 Å². The third-order valence-corrected chi connectivity index (χ3v) is 2.28. The number of hydrogen-bond donors (Lipinski definition) is 1. The van der Waals surface area contributed by atoms with E-state index in [0.29, 0.717) is 6.54 Å². The lowest BCUT2D eigenvalue weighted by Gasteiger charge is -2.10. The van der Waals surface area contributed by atoms with Crippen molar-refractivity contribution in [2.45, 2.75) is 26.2 Å². The highest BCUT2D eigenvalue weighted by molar-refractivity contribution is 5.45. The molecule has 88 valence electrons. The van der Waals surface area contributed by atoms with Crippen LogP contribution >= 0.6 is 0 Å². The minimum absolute atomic E-state index is 0.714. The average molecular weight is 221 g/mol. The Balaban J connectivity index is 2.46. The SMILES string of the molecule is CCCOc1ccccc1CCCNC=O. The molecule has 0 aliphatic carbocycles. The molecule has 0 spiro atoms. The normalized spacial score (nSPS) is 9.81. The first-order valence-electron chi connectivity index (χ1n) is 5.76. The largest absolute Gasteiger partial charge is 0.493 e. The fraction of sp³-hybridized carbons (Fsp3) is 0.462. The maximum absolute atomic E-state index is 10.1. The van der Waals surface area contributed by atoms with Crippen LogP contribution in [0, 0.1) is 0 Å². The van der Waals surface area contributed by atoms with Crippen molar-refractivity contribution in [1.29, 1.82) is 0 Å². The second-order valence-electron chi connectivity index (χ2n) is 3.63. The zero-order chi connectivity index (χ0) is 11.6. The Morgan fingerprint density at radius 3 is 2.94 bits per heavy atom. The van der Waals surface area contributed by atoms with Crippen LogP contribution in [-0.2, 0) is 11.2 Å². The second kappa shape index (κ2) is 7.74. The van der Waals surface area contributed by atoms with E-state index in [1.807, 2.05) is 18.2 Å². The number of hydrogen-bond acceptors (Lipinski definition) is 2. The van der Waals surface area contributed by atoms with Crippen LogP contribution in [0.5, 0.6) is 5.75 Å². The number of benzene rings is 1. The van der Waals surface area contributed by atoms with Gasteiger partial charge in [-0.25, -0.2) is 0 Å². The molecule has 1 rings (SSSR count). The standard InChI is InChI=1S/C13H19NO2/c1-2-10-16-13-8-4-3-6-12(13)7-5-9-14-11-15/h3-4,6,8,11H,2,5,7,9-10H2,1H3,(H,14,15). The van der Waals surface area contributed by atoms with Crippen molar-refractivity contribution in [3.05, 3.63) is 29.8 Å². The third-order valence-electron chi connectivity index (χ3n) is 2.28. The average Bonchev–Trinajstić information content (AvgIpc) is 2.33. The molecule has 0 saturated carbocycles. The maximum Gasteiger partial charge on any atom is 0.207 e. The van der Waals surface area contributed by atoms with Gasteiger partial charge in [-0.3, -0.25) is 4.79 Å². The van der Waals surface area contributed by atoms with Gasteiger partial charge < -0.3 is 10.1 Å². The Kier molecular flexibility index (Phi) is 6.07. The summed E-state index contributed by atoms with van der Waals surface area (Å²) in [4.78, 5) is 10.1. The molecule has 3 nitrogen and oxygen atoms in total. The highest BCUT2D eigenvalue weighted by Gasteiger charge is 2.01. The zero-order valence-electron chi connectivity index (χ0n) is 9.74. The molecule has 0 aliphatic heterocycles. The smallest absolute Gasteiger partial charge is 0.207 e. The Hall–Kier alpha value is -1.51. The lowest BCUT2D eigenvalue weighted by molar-refractivity contribution is -0.109. The molecule has 0 bridgehead atoms. The first-order chi connectivity index (χ1) is 7.88.